The predicted octanol–water partition coefficient (Wildman–Crippen LogP) is 2.50. The lowest BCUT2D eigenvalue weighted by molar-refractivity contribution is -0.217. The molecule has 4 fully saturated rings. The van der Waals surface area contributed by atoms with Crippen LogP contribution in [0.15, 0.2) is 30.3 Å². The third-order valence-corrected chi connectivity index (χ3v) is 7.56. The molecule has 4 bridgehead atoms. The quantitative estimate of drug-likeness (QED) is 0.474. The van der Waals surface area contributed by atoms with Crippen molar-refractivity contribution in [1.29, 1.82) is 0 Å². The Morgan fingerprint density at radius 3 is 2.23 bits per heavy atom. The van der Waals surface area contributed by atoms with Crippen LogP contribution >= 0.6 is 0 Å². The second-order valence-corrected chi connectivity index (χ2v) is 11.5. The minimum atomic E-state index is -2.29. The first-order chi connectivity index (χ1) is 14.4. The first-order valence-corrected chi connectivity index (χ1v) is 11.4. The van der Waals surface area contributed by atoms with E-state index < -0.39 is 40.0 Å². The van der Waals surface area contributed by atoms with Crippen molar-refractivity contribution in [2.75, 3.05) is 0 Å². The van der Waals surface area contributed by atoms with Crippen molar-refractivity contribution in [2.45, 2.75) is 88.5 Å². The van der Waals surface area contributed by atoms with Crippen LogP contribution in [0.3, 0.4) is 0 Å². The van der Waals surface area contributed by atoms with Crippen LogP contribution in [0.1, 0.15) is 64.9 Å². The molecule has 5 N–H and O–H groups in total. The van der Waals surface area contributed by atoms with E-state index >= 15 is 0 Å². The third kappa shape index (κ3) is 3.94. The normalized spacial score (nSPS) is 34.8. The van der Waals surface area contributed by atoms with Gasteiger partial charge >= 0.3 is 5.97 Å². The summed E-state index contributed by atoms with van der Waals surface area (Å²) in [5, 5.41) is 12.1. The SMILES string of the molecule is CC(C)(C)OC(=O)C(O)(C(=O)[C@@H](N)Cc1ccccc1)C12CC3CC(CC(N)(C3)C1)C2. The van der Waals surface area contributed by atoms with Gasteiger partial charge < -0.3 is 21.3 Å². The number of rotatable bonds is 6. The first-order valence-electron chi connectivity index (χ1n) is 11.4. The van der Waals surface area contributed by atoms with Crippen molar-refractivity contribution in [1.82, 2.24) is 0 Å². The van der Waals surface area contributed by atoms with Crippen molar-refractivity contribution in [2.24, 2.45) is 28.7 Å². The lowest BCUT2D eigenvalue weighted by Gasteiger charge is -2.64. The zero-order chi connectivity index (χ0) is 22.7. The minimum Gasteiger partial charge on any atom is -0.457 e. The highest BCUT2D eigenvalue weighted by molar-refractivity contribution is 6.10. The number of ketones is 1. The molecule has 4 saturated carbocycles. The fourth-order valence-electron chi connectivity index (χ4n) is 6.92. The second kappa shape index (κ2) is 7.39. The summed E-state index contributed by atoms with van der Waals surface area (Å²) in [6, 6.07) is 8.41. The smallest absolute Gasteiger partial charge is 0.347 e. The van der Waals surface area contributed by atoms with Crippen LogP contribution in [0.5, 0.6) is 0 Å². The Balaban J connectivity index is 1.72. The zero-order valence-corrected chi connectivity index (χ0v) is 18.9. The number of hydrogen-bond acceptors (Lipinski definition) is 6. The zero-order valence-electron chi connectivity index (χ0n) is 18.9. The molecule has 0 amide bonds. The third-order valence-electron chi connectivity index (χ3n) is 7.56. The van der Waals surface area contributed by atoms with Crippen LogP contribution in [0.2, 0.25) is 0 Å². The van der Waals surface area contributed by atoms with E-state index in [9.17, 15) is 14.7 Å². The van der Waals surface area contributed by atoms with Gasteiger partial charge in [-0.3, -0.25) is 4.79 Å². The fourth-order valence-corrected chi connectivity index (χ4v) is 6.92. The summed E-state index contributed by atoms with van der Waals surface area (Å²) >= 11 is 0. The Kier molecular flexibility index (Phi) is 5.35. The molecule has 31 heavy (non-hydrogen) atoms. The second-order valence-electron chi connectivity index (χ2n) is 11.5. The molecule has 0 heterocycles. The molecule has 6 nitrogen and oxygen atoms in total. The molecular formula is C25H36N2O4. The fraction of sp³-hybridized carbons (Fsp3) is 0.680. The molecule has 5 rings (SSSR count). The van der Waals surface area contributed by atoms with Gasteiger partial charge in [-0.05, 0) is 83.1 Å². The number of ether oxygens (including phenoxy) is 1. The van der Waals surface area contributed by atoms with Gasteiger partial charge in [0.15, 0.2) is 5.78 Å². The van der Waals surface area contributed by atoms with E-state index in [1.54, 1.807) is 20.8 Å². The van der Waals surface area contributed by atoms with E-state index in [4.69, 9.17) is 16.2 Å². The Labute approximate surface area is 184 Å². The molecular weight excluding hydrogens is 392 g/mol. The van der Waals surface area contributed by atoms with Gasteiger partial charge in [-0.25, -0.2) is 4.79 Å². The number of carbonyl (C=O) groups excluding carboxylic acids is 2. The highest BCUT2D eigenvalue weighted by Gasteiger charge is 2.70. The van der Waals surface area contributed by atoms with Crippen molar-refractivity contribution < 1.29 is 19.4 Å². The molecule has 1 aromatic carbocycles. The predicted molar refractivity (Wildman–Crippen MR) is 118 cm³/mol. The maximum absolute atomic E-state index is 13.8. The summed E-state index contributed by atoms with van der Waals surface area (Å²) in [6.07, 6.45) is 4.76. The van der Waals surface area contributed by atoms with E-state index in [1.807, 2.05) is 30.3 Å². The van der Waals surface area contributed by atoms with E-state index in [1.165, 1.54) is 0 Å². The number of Topliss-reactive ketones (excluding diaryl/α,β-unsaturated/α-hetero) is 1. The lowest BCUT2D eigenvalue weighted by atomic mass is 9.42. The van der Waals surface area contributed by atoms with Crippen molar-refractivity contribution in [3.63, 3.8) is 0 Å². The molecule has 170 valence electrons. The summed E-state index contributed by atoms with van der Waals surface area (Å²) in [7, 11) is 0. The van der Waals surface area contributed by atoms with E-state index in [2.05, 4.69) is 0 Å². The van der Waals surface area contributed by atoms with Crippen LogP contribution < -0.4 is 11.5 Å². The molecule has 0 saturated heterocycles. The first kappa shape index (κ1) is 22.4. The van der Waals surface area contributed by atoms with Gasteiger partial charge in [0, 0.05) is 11.0 Å². The molecule has 0 aliphatic heterocycles. The molecule has 0 spiro atoms. The minimum absolute atomic E-state index is 0.251. The Morgan fingerprint density at radius 2 is 1.71 bits per heavy atom. The molecule has 0 aromatic heterocycles. The average molecular weight is 429 g/mol. The monoisotopic (exact) mass is 428 g/mol. The number of aliphatic hydroxyl groups is 1. The summed E-state index contributed by atoms with van der Waals surface area (Å²) in [5.74, 6) is -0.882. The maximum atomic E-state index is 13.8. The summed E-state index contributed by atoms with van der Waals surface area (Å²) < 4.78 is 5.64. The topological polar surface area (TPSA) is 116 Å². The van der Waals surface area contributed by atoms with Gasteiger partial charge in [-0.2, -0.15) is 0 Å². The lowest BCUT2D eigenvalue weighted by Crippen LogP contribution is -2.72. The molecule has 6 heteroatoms. The number of nitrogens with two attached hydrogens (primary N) is 2. The molecule has 4 aliphatic carbocycles. The number of benzene rings is 1. The summed E-state index contributed by atoms with van der Waals surface area (Å²) in [4.78, 5) is 27.3. The van der Waals surface area contributed by atoms with E-state index in [-0.39, 0.29) is 6.42 Å². The molecule has 3 unspecified atom stereocenters. The highest BCUT2D eigenvalue weighted by Crippen LogP contribution is 2.65. The van der Waals surface area contributed by atoms with E-state index in [0.29, 0.717) is 31.1 Å². The van der Waals surface area contributed by atoms with Gasteiger partial charge in [0.25, 0.3) is 0 Å². The Bertz CT molecular complexity index is 848. The van der Waals surface area contributed by atoms with Crippen LogP contribution in [0.25, 0.3) is 0 Å². The van der Waals surface area contributed by atoms with Crippen LogP contribution in [-0.2, 0) is 20.7 Å². The van der Waals surface area contributed by atoms with Gasteiger partial charge in [0.05, 0.1) is 6.04 Å². The van der Waals surface area contributed by atoms with Crippen LogP contribution in [-0.4, -0.2) is 39.6 Å². The number of hydrogen-bond donors (Lipinski definition) is 3. The Hall–Kier alpha value is -1.76. The molecule has 1 aromatic rings. The van der Waals surface area contributed by atoms with Crippen molar-refractivity contribution in [3.05, 3.63) is 35.9 Å². The molecule has 4 atom stereocenters. The van der Waals surface area contributed by atoms with Gasteiger partial charge in [0.1, 0.15) is 5.60 Å². The van der Waals surface area contributed by atoms with Crippen LogP contribution in [0.4, 0.5) is 0 Å². The van der Waals surface area contributed by atoms with E-state index in [0.717, 1.165) is 24.8 Å². The van der Waals surface area contributed by atoms with Crippen molar-refractivity contribution in [3.8, 4) is 0 Å². The number of esters is 1. The average Bonchev–Trinajstić information content (AvgIpc) is 2.64. The molecule has 4 aliphatic rings. The van der Waals surface area contributed by atoms with Crippen molar-refractivity contribution >= 4 is 11.8 Å². The van der Waals surface area contributed by atoms with Gasteiger partial charge in [-0.1, -0.05) is 30.3 Å². The van der Waals surface area contributed by atoms with Crippen LogP contribution in [0, 0.1) is 17.3 Å². The summed E-state index contributed by atoms with van der Waals surface area (Å²) in [5.41, 5.74) is 9.46. The largest absolute Gasteiger partial charge is 0.457 e. The highest BCUT2D eigenvalue weighted by atomic mass is 16.6. The molecule has 0 radical (unpaired) electrons. The number of carbonyl (C=O) groups is 2. The maximum Gasteiger partial charge on any atom is 0.347 e. The Morgan fingerprint density at radius 1 is 1.13 bits per heavy atom. The van der Waals surface area contributed by atoms with Gasteiger partial charge in [0.2, 0.25) is 5.60 Å². The standard InChI is InChI=1S/C25H36N2O4/c1-22(2,3)31-21(29)25(30,20(28)19(26)10-16-7-5-4-6-8-16)23-11-17-9-18(12-23)14-24(27,13-17)15-23/h4-8,17-19,30H,9-15,26-27H2,1-3H3/t17?,18?,19-,23?,24?,25?/m0/s1. The van der Waals surface area contributed by atoms with Gasteiger partial charge in [-0.15, -0.1) is 0 Å². The summed E-state index contributed by atoms with van der Waals surface area (Å²) in [6.45, 7) is 5.22.